The van der Waals surface area contributed by atoms with Gasteiger partial charge >= 0.3 is 0 Å². The highest BCUT2D eigenvalue weighted by Crippen LogP contribution is 2.17. The topological polar surface area (TPSA) is 81.2 Å². The van der Waals surface area contributed by atoms with Crippen molar-refractivity contribution in [2.24, 2.45) is 11.7 Å². The summed E-state index contributed by atoms with van der Waals surface area (Å²) in [5.41, 5.74) is 5.43. The standard InChI is InChI=1S/C12H24N4O2S/c1-4-11(3)9-16(5-2)19(17,18)12-8-14-15(10-12)7-6-13/h8,10-11H,4-7,9,13H2,1-3H3. The molecule has 110 valence electrons. The van der Waals surface area contributed by atoms with Crippen molar-refractivity contribution >= 4 is 10.0 Å². The van der Waals surface area contributed by atoms with Gasteiger partial charge in [-0.1, -0.05) is 27.2 Å². The zero-order valence-electron chi connectivity index (χ0n) is 11.9. The number of nitrogens with two attached hydrogens (primary N) is 1. The molecule has 0 aliphatic heterocycles. The normalized spacial score (nSPS) is 13.9. The van der Waals surface area contributed by atoms with Crippen molar-refractivity contribution in [2.75, 3.05) is 19.6 Å². The lowest BCUT2D eigenvalue weighted by Crippen LogP contribution is -2.34. The van der Waals surface area contributed by atoms with Crippen molar-refractivity contribution in [2.45, 2.75) is 38.6 Å². The van der Waals surface area contributed by atoms with Crippen LogP contribution in [0.5, 0.6) is 0 Å². The van der Waals surface area contributed by atoms with Crippen molar-refractivity contribution in [3.05, 3.63) is 12.4 Å². The van der Waals surface area contributed by atoms with Crippen LogP contribution < -0.4 is 5.73 Å². The average molecular weight is 288 g/mol. The van der Waals surface area contributed by atoms with Crippen molar-refractivity contribution in [1.29, 1.82) is 0 Å². The summed E-state index contributed by atoms with van der Waals surface area (Å²) in [6.45, 7) is 7.93. The molecule has 0 aliphatic rings. The van der Waals surface area contributed by atoms with E-state index < -0.39 is 10.0 Å². The second kappa shape index (κ2) is 7.02. The highest BCUT2D eigenvalue weighted by Gasteiger charge is 2.25. The number of hydrogen-bond donors (Lipinski definition) is 1. The smallest absolute Gasteiger partial charge is 0.246 e. The lowest BCUT2D eigenvalue weighted by molar-refractivity contribution is 0.361. The summed E-state index contributed by atoms with van der Waals surface area (Å²) in [5, 5.41) is 4.02. The summed E-state index contributed by atoms with van der Waals surface area (Å²) in [4.78, 5) is 0.242. The second-order valence-electron chi connectivity index (χ2n) is 4.70. The molecule has 1 aromatic heterocycles. The van der Waals surface area contributed by atoms with Crippen LogP contribution in [0.4, 0.5) is 0 Å². The van der Waals surface area contributed by atoms with Gasteiger partial charge in [0.1, 0.15) is 4.90 Å². The molecule has 19 heavy (non-hydrogen) atoms. The molecule has 0 spiro atoms. The Hall–Kier alpha value is -0.920. The number of rotatable bonds is 8. The fraction of sp³-hybridized carbons (Fsp3) is 0.750. The highest BCUT2D eigenvalue weighted by atomic mass is 32.2. The zero-order valence-corrected chi connectivity index (χ0v) is 12.7. The SMILES string of the molecule is CCC(C)CN(CC)S(=O)(=O)c1cnn(CCN)c1. The van der Waals surface area contributed by atoms with Crippen molar-refractivity contribution in [1.82, 2.24) is 14.1 Å². The molecule has 7 heteroatoms. The summed E-state index contributed by atoms with van der Waals surface area (Å²) < 4.78 is 28.0. The van der Waals surface area contributed by atoms with E-state index >= 15 is 0 Å². The van der Waals surface area contributed by atoms with E-state index in [9.17, 15) is 8.42 Å². The van der Waals surface area contributed by atoms with Crippen LogP contribution in [-0.2, 0) is 16.6 Å². The van der Waals surface area contributed by atoms with Gasteiger partial charge in [0.15, 0.2) is 0 Å². The Morgan fingerprint density at radius 3 is 2.68 bits per heavy atom. The van der Waals surface area contributed by atoms with Gasteiger partial charge in [-0.05, 0) is 5.92 Å². The first kappa shape index (κ1) is 16.1. The van der Waals surface area contributed by atoms with E-state index in [-0.39, 0.29) is 4.90 Å². The fourth-order valence-electron chi connectivity index (χ4n) is 1.76. The fourth-order valence-corrected chi connectivity index (χ4v) is 3.28. The Balaban J connectivity index is 2.92. The quantitative estimate of drug-likeness (QED) is 0.770. The minimum atomic E-state index is -3.44. The number of hydrogen-bond acceptors (Lipinski definition) is 4. The van der Waals surface area contributed by atoms with Crippen molar-refractivity contribution in [3.8, 4) is 0 Å². The van der Waals surface area contributed by atoms with Gasteiger partial charge in [0.05, 0.1) is 12.7 Å². The molecule has 0 fully saturated rings. The summed E-state index contributed by atoms with van der Waals surface area (Å²) in [6, 6.07) is 0. The molecular formula is C12H24N4O2S. The third kappa shape index (κ3) is 4.02. The molecule has 0 saturated carbocycles. The van der Waals surface area contributed by atoms with Crippen molar-refractivity contribution < 1.29 is 8.42 Å². The molecule has 0 radical (unpaired) electrons. The highest BCUT2D eigenvalue weighted by molar-refractivity contribution is 7.89. The van der Waals surface area contributed by atoms with Gasteiger partial charge in [0.2, 0.25) is 10.0 Å². The predicted octanol–water partition coefficient (Wildman–Crippen LogP) is 0.899. The molecule has 1 aromatic rings. The molecule has 0 bridgehead atoms. The van der Waals surface area contributed by atoms with E-state index in [0.717, 1.165) is 6.42 Å². The van der Waals surface area contributed by atoms with Crippen LogP contribution in [0, 0.1) is 5.92 Å². The van der Waals surface area contributed by atoms with Crippen LogP contribution in [0.1, 0.15) is 27.2 Å². The third-order valence-electron chi connectivity index (χ3n) is 3.17. The second-order valence-corrected chi connectivity index (χ2v) is 6.63. The summed E-state index contributed by atoms with van der Waals surface area (Å²) in [5.74, 6) is 0.341. The molecule has 0 aliphatic carbocycles. The molecular weight excluding hydrogens is 264 g/mol. The van der Waals surface area contributed by atoms with Crippen LogP contribution in [0.15, 0.2) is 17.3 Å². The van der Waals surface area contributed by atoms with E-state index in [1.807, 2.05) is 6.92 Å². The van der Waals surface area contributed by atoms with Crippen LogP contribution in [-0.4, -0.2) is 42.1 Å². The van der Waals surface area contributed by atoms with E-state index in [0.29, 0.717) is 32.1 Å². The first-order valence-corrected chi connectivity index (χ1v) is 8.12. The van der Waals surface area contributed by atoms with Crippen LogP contribution in [0.3, 0.4) is 0 Å². The summed E-state index contributed by atoms with van der Waals surface area (Å²) in [7, 11) is -3.44. The predicted molar refractivity (Wildman–Crippen MR) is 75.2 cm³/mol. The average Bonchev–Trinajstić information content (AvgIpc) is 2.85. The van der Waals surface area contributed by atoms with E-state index in [1.165, 1.54) is 10.5 Å². The minimum absolute atomic E-state index is 0.242. The van der Waals surface area contributed by atoms with Crippen molar-refractivity contribution in [3.63, 3.8) is 0 Å². The number of aromatic nitrogens is 2. The van der Waals surface area contributed by atoms with Gasteiger partial charge in [-0.25, -0.2) is 8.42 Å². The largest absolute Gasteiger partial charge is 0.329 e. The lowest BCUT2D eigenvalue weighted by Gasteiger charge is -2.22. The maximum Gasteiger partial charge on any atom is 0.246 e. The van der Waals surface area contributed by atoms with Gasteiger partial charge in [-0.15, -0.1) is 0 Å². The van der Waals surface area contributed by atoms with Gasteiger partial charge in [0, 0.05) is 25.8 Å². The first-order chi connectivity index (χ1) is 8.95. The molecule has 1 rings (SSSR count). The maximum absolute atomic E-state index is 12.5. The molecule has 1 heterocycles. The molecule has 1 unspecified atom stereocenters. The summed E-state index contributed by atoms with van der Waals surface area (Å²) >= 11 is 0. The molecule has 2 N–H and O–H groups in total. The Morgan fingerprint density at radius 2 is 2.16 bits per heavy atom. The molecule has 0 aromatic carbocycles. The third-order valence-corrected chi connectivity index (χ3v) is 5.06. The zero-order chi connectivity index (χ0) is 14.5. The van der Waals surface area contributed by atoms with Gasteiger partial charge < -0.3 is 5.73 Å². The Morgan fingerprint density at radius 1 is 1.47 bits per heavy atom. The van der Waals surface area contributed by atoms with E-state index in [1.54, 1.807) is 10.9 Å². The van der Waals surface area contributed by atoms with Crippen LogP contribution in [0.25, 0.3) is 0 Å². The Bertz CT molecular complexity index is 484. The molecule has 0 amide bonds. The first-order valence-electron chi connectivity index (χ1n) is 6.68. The monoisotopic (exact) mass is 288 g/mol. The molecule has 6 nitrogen and oxygen atoms in total. The van der Waals surface area contributed by atoms with Gasteiger partial charge in [-0.3, -0.25) is 4.68 Å². The Kier molecular flexibility index (Phi) is 5.96. The van der Waals surface area contributed by atoms with Gasteiger partial charge in [0.25, 0.3) is 0 Å². The van der Waals surface area contributed by atoms with E-state index in [2.05, 4.69) is 18.9 Å². The molecule has 0 saturated heterocycles. The number of nitrogens with zero attached hydrogens (tertiary/aromatic N) is 3. The van der Waals surface area contributed by atoms with Gasteiger partial charge in [-0.2, -0.15) is 9.40 Å². The Labute approximate surface area is 115 Å². The minimum Gasteiger partial charge on any atom is -0.329 e. The lowest BCUT2D eigenvalue weighted by atomic mass is 10.1. The molecule has 1 atom stereocenters. The van der Waals surface area contributed by atoms with Crippen LogP contribution >= 0.6 is 0 Å². The summed E-state index contributed by atoms with van der Waals surface area (Å²) in [6.07, 6.45) is 3.89. The van der Waals surface area contributed by atoms with E-state index in [4.69, 9.17) is 5.73 Å². The van der Waals surface area contributed by atoms with Crippen LogP contribution in [0.2, 0.25) is 0 Å². The maximum atomic E-state index is 12.5. The number of sulfonamides is 1.